The van der Waals surface area contributed by atoms with E-state index in [0.717, 1.165) is 22.1 Å². The summed E-state index contributed by atoms with van der Waals surface area (Å²) in [7, 11) is 1.68. The first-order valence-corrected chi connectivity index (χ1v) is 8.15. The Balaban J connectivity index is 2.17. The van der Waals surface area contributed by atoms with Crippen molar-refractivity contribution in [2.75, 3.05) is 7.11 Å². The average molecular weight is 341 g/mol. The van der Waals surface area contributed by atoms with Crippen molar-refractivity contribution in [1.82, 2.24) is 5.43 Å². The fraction of sp³-hybridized carbons (Fsp3) is 0.625. The van der Waals surface area contributed by atoms with Crippen molar-refractivity contribution in [3.8, 4) is 5.75 Å². The summed E-state index contributed by atoms with van der Waals surface area (Å²) in [6.45, 7) is 4.71. The summed E-state index contributed by atoms with van der Waals surface area (Å²) >= 11 is 3.56. The zero-order valence-corrected chi connectivity index (χ0v) is 14.1. The molecular formula is C16H25BrN2O. The quantitative estimate of drug-likeness (QED) is 0.642. The van der Waals surface area contributed by atoms with Crippen LogP contribution in [0.3, 0.4) is 0 Å². The molecule has 2 rings (SSSR count). The van der Waals surface area contributed by atoms with Gasteiger partial charge in [-0.1, -0.05) is 26.3 Å². The highest BCUT2D eigenvalue weighted by Crippen LogP contribution is 2.40. The Morgan fingerprint density at radius 2 is 2.05 bits per heavy atom. The molecule has 1 saturated carbocycles. The van der Waals surface area contributed by atoms with Gasteiger partial charge in [0.2, 0.25) is 0 Å². The third-order valence-corrected chi connectivity index (χ3v) is 5.44. The number of hydrogen-bond donors (Lipinski definition) is 2. The Morgan fingerprint density at radius 3 is 2.60 bits per heavy atom. The third kappa shape index (κ3) is 3.35. The molecule has 0 spiro atoms. The van der Waals surface area contributed by atoms with E-state index < -0.39 is 0 Å². The molecule has 0 radical (unpaired) electrons. The lowest BCUT2D eigenvalue weighted by Crippen LogP contribution is -2.36. The van der Waals surface area contributed by atoms with Crippen LogP contribution in [0.2, 0.25) is 0 Å². The molecule has 1 fully saturated rings. The normalized spacial score (nSPS) is 28.1. The van der Waals surface area contributed by atoms with Gasteiger partial charge in [-0.25, -0.2) is 0 Å². The molecule has 0 saturated heterocycles. The van der Waals surface area contributed by atoms with Crippen LogP contribution in [0.25, 0.3) is 0 Å². The van der Waals surface area contributed by atoms with Gasteiger partial charge in [-0.15, -0.1) is 0 Å². The number of hydrogen-bond acceptors (Lipinski definition) is 3. The molecule has 4 unspecified atom stereocenters. The Hall–Kier alpha value is -0.580. The maximum absolute atomic E-state index is 5.84. The number of hydrazine groups is 1. The Kier molecular flexibility index (Phi) is 5.47. The second-order valence-electron chi connectivity index (χ2n) is 6.07. The van der Waals surface area contributed by atoms with Crippen LogP contribution in [0.15, 0.2) is 22.7 Å². The standard InChI is InChI=1S/C16H25BrN2O/c1-10-4-5-12(8-11(10)2)16(19-18)13-6-7-15(20-3)14(17)9-13/h6-7,9-12,16,19H,4-5,8,18H2,1-3H3. The number of nitrogens with one attached hydrogen (secondary N) is 1. The molecule has 1 aromatic carbocycles. The summed E-state index contributed by atoms with van der Waals surface area (Å²) in [6.07, 6.45) is 3.77. The molecule has 3 nitrogen and oxygen atoms in total. The van der Waals surface area contributed by atoms with Crippen LogP contribution in [0.4, 0.5) is 0 Å². The molecule has 0 aliphatic heterocycles. The Labute approximate surface area is 130 Å². The van der Waals surface area contributed by atoms with Crippen molar-refractivity contribution in [2.45, 2.75) is 39.2 Å². The molecular weight excluding hydrogens is 316 g/mol. The minimum Gasteiger partial charge on any atom is -0.496 e. The largest absolute Gasteiger partial charge is 0.496 e. The van der Waals surface area contributed by atoms with Crippen molar-refractivity contribution in [2.24, 2.45) is 23.6 Å². The number of benzene rings is 1. The highest BCUT2D eigenvalue weighted by molar-refractivity contribution is 9.10. The molecule has 0 amide bonds. The van der Waals surface area contributed by atoms with Crippen molar-refractivity contribution in [1.29, 1.82) is 0 Å². The van der Waals surface area contributed by atoms with E-state index in [1.165, 1.54) is 24.8 Å². The minimum absolute atomic E-state index is 0.215. The van der Waals surface area contributed by atoms with Gasteiger partial charge in [0.1, 0.15) is 5.75 Å². The summed E-state index contributed by atoms with van der Waals surface area (Å²) in [5, 5.41) is 0. The molecule has 20 heavy (non-hydrogen) atoms. The van der Waals surface area contributed by atoms with Crippen molar-refractivity contribution < 1.29 is 4.74 Å². The van der Waals surface area contributed by atoms with Crippen molar-refractivity contribution >= 4 is 15.9 Å². The lowest BCUT2D eigenvalue weighted by atomic mass is 9.72. The molecule has 3 N–H and O–H groups in total. The van der Waals surface area contributed by atoms with Gasteiger partial charge in [-0.3, -0.25) is 11.3 Å². The number of halogens is 1. The highest BCUT2D eigenvalue weighted by atomic mass is 79.9. The van der Waals surface area contributed by atoms with E-state index in [2.05, 4.69) is 47.3 Å². The molecule has 0 heterocycles. The molecule has 0 bridgehead atoms. The zero-order chi connectivity index (χ0) is 14.7. The first kappa shape index (κ1) is 15.8. The predicted molar refractivity (Wildman–Crippen MR) is 86.4 cm³/mol. The SMILES string of the molecule is COc1ccc(C(NN)C2CCC(C)C(C)C2)cc1Br. The maximum atomic E-state index is 5.84. The lowest BCUT2D eigenvalue weighted by Gasteiger charge is -2.36. The van der Waals surface area contributed by atoms with Crippen LogP contribution < -0.4 is 16.0 Å². The van der Waals surface area contributed by atoms with E-state index in [9.17, 15) is 0 Å². The highest BCUT2D eigenvalue weighted by Gasteiger charge is 2.30. The second-order valence-corrected chi connectivity index (χ2v) is 6.92. The van der Waals surface area contributed by atoms with Crippen LogP contribution >= 0.6 is 15.9 Å². The molecule has 1 aliphatic carbocycles. The number of rotatable bonds is 4. The zero-order valence-electron chi connectivity index (χ0n) is 12.5. The van der Waals surface area contributed by atoms with Crippen molar-refractivity contribution in [3.05, 3.63) is 28.2 Å². The van der Waals surface area contributed by atoms with E-state index in [-0.39, 0.29) is 6.04 Å². The molecule has 4 heteroatoms. The topological polar surface area (TPSA) is 47.3 Å². The summed E-state index contributed by atoms with van der Waals surface area (Å²) < 4.78 is 6.27. The summed E-state index contributed by atoms with van der Waals surface area (Å²) in [6, 6.07) is 6.44. The van der Waals surface area contributed by atoms with Crippen LogP contribution in [-0.2, 0) is 0 Å². The monoisotopic (exact) mass is 340 g/mol. The van der Waals surface area contributed by atoms with Gasteiger partial charge in [0.25, 0.3) is 0 Å². The number of methoxy groups -OCH3 is 1. The number of nitrogens with two attached hydrogens (primary N) is 1. The van der Waals surface area contributed by atoms with Gasteiger partial charge in [-0.05, 0) is 64.2 Å². The molecule has 1 aliphatic rings. The Morgan fingerprint density at radius 1 is 1.30 bits per heavy atom. The average Bonchev–Trinajstić information content (AvgIpc) is 2.44. The van der Waals surface area contributed by atoms with E-state index in [0.29, 0.717) is 5.92 Å². The van der Waals surface area contributed by atoms with Gasteiger partial charge < -0.3 is 4.74 Å². The first-order valence-electron chi connectivity index (χ1n) is 7.36. The fourth-order valence-corrected chi connectivity index (χ4v) is 3.83. The number of ether oxygens (including phenoxy) is 1. The van der Waals surface area contributed by atoms with E-state index in [1.807, 2.05) is 6.07 Å². The predicted octanol–water partition coefficient (Wildman–Crippen LogP) is 4.03. The first-order chi connectivity index (χ1) is 9.56. The van der Waals surface area contributed by atoms with Crippen LogP contribution in [0, 0.1) is 17.8 Å². The summed E-state index contributed by atoms with van der Waals surface area (Å²) in [4.78, 5) is 0. The van der Waals surface area contributed by atoms with Gasteiger partial charge in [-0.2, -0.15) is 0 Å². The summed E-state index contributed by atoms with van der Waals surface area (Å²) in [5.74, 6) is 8.90. The maximum Gasteiger partial charge on any atom is 0.133 e. The lowest BCUT2D eigenvalue weighted by molar-refractivity contribution is 0.171. The van der Waals surface area contributed by atoms with Gasteiger partial charge >= 0.3 is 0 Å². The second kappa shape index (κ2) is 6.92. The van der Waals surface area contributed by atoms with E-state index in [4.69, 9.17) is 10.6 Å². The molecule has 4 atom stereocenters. The van der Waals surface area contributed by atoms with Gasteiger partial charge in [0, 0.05) is 6.04 Å². The molecule has 1 aromatic rings. The van der Waals surface area contributed by atoms with Crippen LogP contribution in [0.5, 0.6) is 5.75 Å². The fourth-order valence-electron chi connectivity index (χ4n) is 3.27. The smallest absolute Gasteiger partial charge is 0.133 e. The van der Waals surface area contributed by atoms with Crippen LogP contribution in [0.1, 0.15) is 44.7 Å². The third-order valence-electron chi connectivity index (χ3n) is 4.82. The van der Waals surface area contributed by atoms with Gasteiger partial charge in [0.15, 0.2) is 0 Å². The minimum atomic E-state index is 0.215. The van der Waals surface area contributed by atoms with E-state index in [1.54, 1.807) is 7.11 Å². The van der Waals surface area contributed by atoms with Crippen LogP contribution in [-0.4, -0.2) is 7.11 Å². The molecule has 112 valence electrons. The molecule has 0 aromatic heterocycles. The van der Waals surface area contributed by atoms with Gasteiger partial charge in [0.05, 0.1) is 11.6 Å². The summed E-state index contributed by atoms with van der Waals surface area (Å²) in [5.41, 5.74) is 4.26. The van der Waals surface area contributed by atoms with E-state index >= 15 is 0 Å². The Bertz CT molecular complexity index is 452. The van der Waals surface area contributed by atoms with Crippen molar-refractivity contribution in [3.63, 3.8) is 0 Å².